The first-order chi connectivity index (χ1) is 14.1. The third-order valence-electron chi connectivity index (χ3n) is 5.33. The zero-order valence-corrected chi connectivity index (χ0v) is 16.0. The molecule has 1 heterocycles. The maximum atomic E-state index is 13.0. The Morgan fingerprint density at radius 2 is 1.72 bits per heavy atom. The lowest BCUT2D eigenvalue weighted by Crippen LogP contribution is -2.14. The van der Waals surface area contributed by atoms with E-state index in [1.165, 1.54) is 12.8 Å². The van der Waals surface area contributed by atoms with Crippen molar-refractivity contribution in [3.05, 3.63) is 71.9 Å². The summed E-state index contributed by atoms with van der Waals surface area (Å²) in [5.41, 5.74) is 3.67. The van der Waals surface area contributed by atoms with Crippen LogP contribution in [0, 0.1) is 0 Å². The molecule has 0 aliphatic heterocycles. The number of carboxylic acid groups (broad SMARTS) is 1. The van der Waals surface area contributed by atoms with Crippen LogP contribution < -0.4 is 5.32 Å². The Morgan fingerprint density at radius 3 is 2.38 bits per heavy atom. The molecule has 1 aromatic heterocycles. The van der Waals surface area contributed by atoms with Crippen molar-refractivity contribution in [3.8, 4) is 11.3 Å². The quantitative estimate of drug-likeness (QED) is 0.648. The van der Waals surface area contributed by atoms with Crippen molar-refractivity contribution in [2.45, 2.75) is 38.1 Å². The molecular formula is C23H23N3O3. The van der Waals surface area contributed by atoms with E-state index in [0.29, 0.717) is 22.9 Å². The molecule has 1 amide bonds. The number of amides is 1. The molecule has 148 valence electrons. The van der Waals surface area contributed by atoms with Crippen LogP contribution in [0.2, 0.25) is 0 Å². The van der Waals surface area contributed by atoms with E-state index in [2.05, 4.69) is 10.4 Å². The van der Waals surface area contributed by atoms with E-state index in [0.717, 1.165) is 24.1 Å². The van der Waals surface area contributed by atoms with Crippen LogP contribution in [0.4, 0.5) is 5.69 Å². The standard InChI is InChI=1S/C23H23N3O3/c27-21(28)14-16-10-12-18(13-11-16)25-23(29)20-15-24-26(19-8-4-5-9-19)22(20)17-6-2-1-3-7-17/h1-3,6-7,10-13,15,19H,4-5,8-9,14H2,(H,25,29)(H,27,28). The van der Waals surface area contributed by atoms with Crippen LogP contribution >= 0.6 is 0 Å². The summed E-state index contributed by atoms with van der Waals surface area (Å²) >= 11 is 0. The van der Waals surface area contributed by atoms with Gasteiger partial charge >= 0.3 is 5.97 Å². The fourth-order valence-corrected chi connectivity index (χ4v) is 3.92. The number of carbonyl (C=O) groups excluding carboxylic acids is 1. The topological polar surface area (TPSA) is 84.2 Å². The van der Waals surface area contributed by atoms with Crippen molar-refractivity contribution in [3.63, 3.8) is 0 Å². The van der Waals surface area contributed by atoms with Gasteiger partial charge in [-0.1, -0.05) is 55.3 Å². The fraction of sp³-hybridized carbons (Fsp3) is 0.261. The molecule has 0 unspecified atom stereocenters. The minimum absolute atomic E-state index is 0.0411. The van der Waals surface area contributed by atoms with Crippen molar-refractivity contribution in [1.82, 2.24) is 9.78 Å². The second-order valence-corrected chi connectivity index (χ2v) is 7.38. The number of rotatable bonds is 6. The van der Waals surface area contributed by atoms with Crippen LogP contribution in [0.15, 0.2) is 60.8 Å². The van der Waals surface area contributed by atoms with Crippen molar-refractivity contribution < 1.29 is 14.7 Å². The summed E-state index contributed by atoms with van der Waals surface area (Å²) in [6.45, 7) is 0. The number of hydrogen-bond acceptors (Lipinski definition) is 3. The molecule has 1 aliphatic rings. The van der Waals surface area contributed by atoms with E-state index >= 15 is 0 Å². The first-order valence-corrected chi connectivity index (χ1v) is 9.87. The number of benzene rings is 2. The van der Waals surface area contributed by atoms with Crippen molar-refractivity contribution in [1.29, 1.82) is 0 Å². The van der Waals surface area contributed by atoms with Gasteiger partial charge in [-0.25, -0.2) is 0 Å². The van der Waals surface area contributed by atoms with Gasteiger partial charge in [-0.05, 0) is 30.5 Å². The summed E-state index contributed by atoms with van der Waals surface area (Å²) in [4.78, 5) is 23.9. The highest BCUT2D eigenvalue weighted by molar-refractivity contribution is 6.08. The second-order valence-electron chi connectivity index (χ2n) is 7.38. The van der Waals surface area contributed by atoms with Gasteiger partial charge in [-0.3, -0.25) is 14.3 Å². The predicted molar refractivity (Wildman–Crippen MR) is 111 cm³/mol. The van der Waals surface area contributed by atoms with Gasteiger partial charge in [-0.15, -0.1) is 0 Å². The summed E-state index contributed by atoms with van der Waals surface area (Å²) in [5.74, 6) is -1.10. The maximum absolute atomic E-state index is 13.0. The molecule has 1 fully saturated rings. The number of anilines is 1. The molecule has 4 rings (SSSR count). The summed E-state index contributed by atoms with van der Waals surface area (Å²) in [5, 5.41) is 16.4. The van der Waals surface area contributed by atoms with Gasteiger partial charge in [0.15, 0.2) is 0 Å². The largest absolute Gasteiger partial charge is 0.481 e. The molecule has 6 heteroatoms. The van der Waals surface area contributed by atoms with Gasteiger partial charge in [-0.2, -0.15) is 5.10 Å². The number of carboxylic acids is 1. The summed E-state index contributed by atoms with van der Waals surface area (Å²) < 4.78 is 2.01. The lowest BCUT2D eigenvalue weighted by atomic mass is 10.1. The van der Waals surface area contributed by atoms with Gasteiger partial charge in [0.25, 0.3) is 5.91 Å². The van der Waals surface area contributed by atoms with E-state index in [9.17, 15) is 9.59 Å². The van der Waals surface area contributed by atoms with Gasteiger partial charge in [0.1, 0.15) is 0 Å². The zero-order chi connectivity index (χ0) is 20.2. The highest BCUT2D eigenvalue weighted by atomic mass is 16.4. The molecule has 1 aliphatic carbocycles. The van der Waals surface area contributed by atoms with Gasteiger partial charge in [0, 0.05) is 11.3 Å². The van der Waals surface area contributed by atoms with Crippen molar-refractivity contribution >= 4 is 17.6 Å². The molecule has 0 spiro atoms. The molecule has 0 saturated heterocycles. The molecule has 2 aromatic carbocycles. The molecule has 1 saturated carbocycles. The van der Waals surface area contributed by atoms with E-state index in [1.807, 2.05) is 35.0 Å². The minimum Gasteiger partial charge on any atom is -0.481 e. The molecule has 0 radical (unpaired) electrons. The van der Waals surface area contributed by atoms with Crippen LogP contribution in [0.5, 0.6) is 0 Å². The Balaban J connectivity index is 1.62. The SMILES string of the molecule is O=C(O)Cc1ccc(NC(=O)c2cnn(C3CCCC3)c2-c2ccccc2)cc1. The van der Waals surface area contributed by atoms with Crippen LogP contribution in [0.1, 0.15) is 47.6 Å². The predicted octanol–water partition coefficient (Wildman–Crippen LogP) is 4.54. The lowest BCUT2D eigenvalue weighted by Gasteiger charge is -2.15. The minimum atomic E-state index is -0.881. The Bertz CT molecular complexity index is 1000. The van der Waals surface area contributed by atoms with E-state index in [1.54, 1.807) is 30.5 Å². The van der Waals surface area contributed by atoms with E-state index < -0.39 is 5.97 Å². The number of aliphatic carboxylic acids is 1. The number of hydrogen-bond donors (Lipinski definition) is 2. The summed E-state index contributed by atoms with van der Waals surface area (Å²) in [6, 6.07) is 17.1. The number of nitrogens with one attached hydrogen (secondary N) is 1. The lowest BCUT2D eigenvalue weighted by molar-refractivity contribution is -0.136. The fourth-order valence-electron chi connectivity index (χ4n) is 3.92. The second kappa shape index (κ2) is 8.31. The normalized spacial score (nSPS) is 14.1. The van der Waals surface area contributed by atoms with Crippen LogP contribution in [0.3, 0.4) is 0 Å². The third kappa shape index (κ3) is 4.21. The third-order valence-corrected chi connectivity index (χ3v) is 5.33. The molecule has 2 N–H and O–H groups in total. The highest BCUT2D eigenvalue weighted by Crippen LogP contribution is 2.35. The van der Waals surface area contributed by atoms with Crippen LogP contribution in [-0.4, -0.2) is 26.8 Å². The Kier molecular flexibility index (Phi) is 5.42. The zero-order valence-electron chi connectivity index (χ0n) is 16.0. The average molecular weight is 389 g/mol. The molecule has 29 heavy (non-hydrogen) atoms. The van der Waals surface area contributed by atoms with E-state index in [4.69, 9.17) is 5.11 Å². The van der Waals surface area contributed by atoms with Crippen LogP contribution in [0.25, 0.3) is 11.3 Å². The van der Waals surface area contributed by atoms with E-state index in [-0.39, 0.29) is 12.3 Å². The average Bonchev–Trinajstić information content (AvgIpc) is 3.39. The number of nitrogens with zero attached hydrogens (tertiary/aromatic N) is 2. The smallest absolute Gasteiger partial charge is 0.307 e. The Labute approximate surface area is 169 Å². The van der Waals surface area contributed by atoms with Gasteiger partial charge < -0.3 is 10.4 Å². The first-order valence-electron chi connectivity index (χ1n) is 9.87. The first kappa shape index (κ1) is 18.9. The number of aromatic nitrogens is 2. The molecule has 0 bridgehead atoms. The van der Waals surface area contributed by atoms with Crippen LogP contribution in [-0.2, 0) is 11.2 Å². The summed E-state index contributed by atoms with van der Waals surface area (Å²) in [6.07, 6.45) is 6.13. The highest BCUT2D eigenvalue weighted by Gasteiger charge is 2.25. The molecule has 6 nitrogen and oxygen atoms in total. The summed E-state index contributed by atoms with van der Waals surface area (Å²) in [7, 11) is 0. The molecule has 0 atom stereocenters. The maximum Gasteiger partial charge on any atom is 0.307 e. The number of carbonyl (C=O) groups is 2. The van der Waals surface area contributed by atoms with Gasteiger partial charge in [0.2, 0.25) is 0 Å². The Hall–Kier alpha value is -3.41. The Morgan fingerprint density at radius 1 is 1.03 bits per heavy atom. The molecular weight excluding hydrogens is 366 g/mol. The van der Waals surface area contributed by atoms with Crippen molar-refractivity contribution in [2.24, 2.45) is 0 Å². The van der Waals surface area contributed by atoms with Crippen molar-refractivity contribution in [2.75, 3.05) is 5.32 Å². The monoisotopic (exact) mass is 389 g/mol. The van der Waals surface area contributed by atoms with Gasteiger partial charge in [0.05, 0.1) is 29.9 Å². The molecule has 3 aromatic rings.